The van der Waals surface area contributed by atoms with Crippen molar-refractivity contribution in [3.63, 3.8) is 0 Å². The van der Waals surface area contributed by atoms with Gasteiger partial charge in [-0.05, 0) is 42.7 Å². The summed E-state index contributed by atoms with van der Waals surface area (Å²) in [4.78, 5) is 29.6. The van der Waals surface area contributed by atoms with Gasteiger partial charge in [-0.15, -0.1) is 0 Å². The molecule has 0 bridgehead atoms. The smallest absolute Gasteiger partial charge is 0.262 e. The predicted octanol–water partition coefficient (Wildman–Crippen LogP) is 3.28. The summed E-state index contributed by atoms with van der Waals surface area (Å²) in [5.74, 6) is -0.297. The Balaban J connectivity index is 1.46. The van der Waals surface area contributed by atoms with Gasteiger partial charge in [-0.3, -0.25) is 14.2 Å². The third-order valence-electron chi connectivity index (χ3n) is 4.42. The molecule has 7 heteroatoms. The molecule has 0 saturated heterocycles. The zero-order valence-electron chi connectivity index (χ0n) is 14.5. The molecule has 1 aliphatic carbocycles. The lowest BCUT2D eigenvalue weighted by Crippen LogP contribution is -2.26. The monoisotopic (exact) mass is 383 g/mol. The normalized spacial score (nSPS) is 13.7. The number of hydrogen-bond acceptors (Lipinski definition) is 4. The molecule has 1 fully saturated rings. The highest BCUT2D eigenvalue weighted by Crippen LogP contribution is 2.36. The fourth-order valence-corrected chi connectivity index (χ4v) is 3.76. The second-order valence-corrected chi connectivity index (χ2v) is 7.45. The molecule has 27 heavy (non-hydrogen) atoms. The van der Waals surface area contributed by atoms with Crippen LogP contribution in [0.25, 0.3) is 10.9 Å². The lowest BCUT2D eigenvalue weighted by Gasteiger charge is -2.12. The number of para-hydroxylation sites is 1. The average Bonchev–Trinajstić information content (AvgIpc) is 3.51. The van der Waals surface area contributed by atoms with E-state index in [0.717, 1.165) is 18.4 Å². The van der Waals surface area contributed by atoms with Crippen molar-refractivity contribution in [3.05, 3.63) is 70.3 Å². The zero-order valence-corrected chi connectivity index (χ0v) is 15.3. The average molecular weight is 383 g/mol. The Hall–Kier alpha value is -2.67. The van der Waals surface area contributed by atoms with Gasteiger partial charge in [0.1, 0.15) is 5.82 Å². The highest BCUT2D eigenvalue weighted by Gasteiger charge is 2.28. The first-order valence-corrected chi connectivity index (χ1v) is 9.75. The van der Waals surface area contributed by atoms with Gasteiger partial charge in [-0.2, -0.15) is 0 Å². The Morgan fingerprint density at radius 3 is 2.67 bits per heavy atom. The molecule has 1 heterocycles. The van der Waals surface area contributed by atoms with E-state index in [1.807, 2.05) is 18.2 Å². The Labute approximate surface area is 159 Å². The lowest BCUT2D eigenvalue weighted by molar-refractivity contribution is -0.118. The minimum absolute atomic E-state index is 0.0441. The number of nitrogens with zero attached hydrogens (tertiary/aromatic N) is 2. The van der Waals surface area contributed by atoms with E-state index in [-0.39, 0.29) is 29.1 Å². The van der Waals surface area contributed by atoms with Gasteiger partial charge in [0.05, 0.1) is 16.7 Å². The Bertz CT molecular complexity index is 1050. The van der Waals surface area contributed by atoms with Crippen molar-refractivity contribution in [3.8, 4) is 0 Å². The number of halogens is 1. The summed E-state index contributed by atoms with van der Waals surface area (Å²) < 4.78 is 14.6. The summed E-state index contributed by atoms with van der Waals surface area (Å²) in [6.45, 7) is 0.334. The standard InChI is InChI=1S/C20H18FN3O2S/c21-14-7-5-13(6-8-14)11-22-18(25)12-27-20-23-17-4-2-1-3-16(17)19(26)24(20)15-9-10-15/h1-8,15H,9-12H2,(H,22,25). The van der Waals surface area contributed by atoms with Crippen LogP contribution in [0.2, 0.25) is 0 Å². The van der Waals surface area contributed by atoms with Gasteiger partial charge in [0.15, 0.2) is 5.16 Å². The van der Waals surface area contributed by atoms with E-state index in [0.29, 0.717) is 22.6 Å². The minimum atomic E-state index is -0.305. The number of aromatic nitrogens is 2. The van der Waals surface area contributed by atoms with Crippen LogP contribution in [0, 0.1) is 5.82 Å². The molecule has 0 spiro atoms. The van der Waals surface area contributed by atoms with Gasteiger partial charge in [-0.25, -0.2) is 9.37 Å². The van der Waals surface area contributed by atoms with Crippen LogP contribution in [0.1, 0.15) is 24.4 Å². The summed E-state index contributed by atoms with van der Waals surface area (Å²) in [7, 11) is 0. The van der Waals surface area contributed by atoms with Crippen LogP contribution >= 0.6 is 11.8 Å². The quantitative estimate of drug-likeness (QED) is 0.524. The molecule has 5 nitrogen and oxygen atoms in total. The molecule has 0 radical (unpaired) electrons. The number of benzene rings is 2. The van der Waals surface area contributed by atoms with Gasteiger partial charge < -0.3 is 5.32 Å². The van der Waals surface area contributed by atoms with Crippen molar-refractivity contribution < 1.29 is 9.18 Å². The van der Waals surface area contributed by atoms with Crippen LogP contribution in [0.15, 0.2) is 58.5 Å². The van der Waals surface area contributed by atoms with E-state index in [2.05, 4.69) is 10.3 Å². The first kappa shape index (κ1) is 17.7. The first-order valence-electron chi connectivity index (χ1n) is 8.77. The maximum atomic E-state index is 12.9. The molecule has 0 atom stereocenters. The molecule has 138 valence electrons. The number of rotatable bonds is 6. The molecule has 1 aromatic heterocycles. The third-order valence-corrected chi connectivity index (χ3v) is 5.38. The number of fused-ring (bicyclic) bond motifs is 1. The summed E-state index contributed by atoms with van der Waals surface area (Å²) in [5, 5.41) is 4.00. The zero-order chi connectivity index (χ0) is 18.8. The Kier molecular flexibility index (Phi) is 4.94. The predicted molar refractivity (Wildman–Crippen MR) is 103 cm³/mol. The van der Waals surface area contributed by atoms with Crippen molar-refractivity contribution in [2.24, 2.45) is 0 Å². The Morgan fingerprint density at radius 1 is 1.19 bits per heavy atom. The number of thioether (sulfide) groups is 1. The topological polar surface area (TPSA) is 64.0 Å². The number of carbonyl (C=O) groups excluding carboxylic acids is 1. The first-order chi connectivity index (χ1) is 13.1. The number of hydrogen-bond donors (Lipinski definition) is 1. The van der Waals surface area contributed by atoms with Gasteiger partial charge >= 0.3 is 0 Å². The van der Waals surface area contributed by atoms with Crippen LogP contribution in [0.5, 0.6) is 0 Å². The van der Waals surface area contributed by atoms with Crippen LogP contribution in [-0.2, 0) is 11.3 Å². The second kappa shape index (κ2) is 7.52. The molecule has 1 amide bonds. The lowest BCUT2D eigenvalue weighted by atomic mass is 10.2. The SMILES string of the molecule is O=C(CSc1nc2ccccc2c(=O)n1C1CC1)NCc1ccc(F)cc1. The molecule has 1 N–H and O–H groups in total. The molecule has 0 aliphatic heterocycles. The van der Waals surface area contributed by atoms with E-state index >= 15 is 0 Å². The summed E-state index contributed by atoms with van der Waals surface area (Å²) in [6, 6.07) is 13.5. The third kappa shape index (κ3) is 4.03. The molecule has 1 saturated carbocycles. The van der Waals surface area contributed by atoms with Crippen molar-refractivity contribution >= 4 is 28.6 Å². The molecular weight excluding hydrogens is 365 g/mol. The van der Waals surface area contributed by atoms with E-state index in [4.69, 9.17) is 0 Å². The number of nitrogens with one attached hydrogen (secondary N) is 1. The summed E-state index contributed by atoms with van der Waals surface area (Å²) in [6.07, 6.45) is 1.93. The molecule has 2 aromatic carbocycles. The van der Waals surface area contributed by atoms with E-state index in [9.17, 15) is 14.0 Å². The van der Waals surface area contributed by atoms with Crippen LogP contribution < -0.4 is 10.9 Å². The van der Waals surface area contributed by atoms with Gasteiger partial charge in [0.25, 0.3) is 5.56 Å². The van der Waals surface area contributed by atoms with Gasteiger partial charge in [0, 0.05) is 12.6 Å². The fraction of sp³-hybridized carbons (Fsp3) is 0.250. The molecule has 1 aliphatic rings. The van der Waals surface area contributed by atoms with Crippen molar-refractivity contribution in [2.75, 3.05) is 5.75 Å². The fourth-order valence-electron chi connectivity index (χ4n) is 2.87. The maximum Gasteiger partial charge on any atom is 0.262 e. The van der Waals surface area contributed by atoms with E-state index in [1.165, 1.54) is 23.9 Å². The van der Waals surface area contributed by atoms with Crippen molar-refractivity contribution in [1.82, 2.24) is 14.9 Å². The van der Waals surface area contributed by atoms with Gasteiger partial charge in [-0.1, -0.05) is 36.0 Å². The summed E-state index contributed by atoms with van der Waals surface area (Å²) in [5.41, 5.74) is 1.43. The largest absolute Gasteiger partial charge is 0.351 e. The minimum Gasteiger partial charge on any atom is -0.351 e. The number of carbonyl (C=O) groups is 1. The van der Waals surface area contributed by atoms with Crippen LogP contribution in [-0.4, -0.2) is 21.2 Å². The Morgan fingerprint density at radius 2 is 1.93 bits per heavy atom. The summed E-state index contributed by atoms with van der Waals surface area (Å²) >= 11 is 1.27. The maximum absolute atomic E-state index is 12.9. The second-order valence-electron chi connectivity index (χ2n) is 6.51. The van der Waals surface area contributed by atoms with E-state index in [1.54, 1.807) is 22.8 Å². The molecule has 3 aromatic rings. The van der Waals surface area contributed by atoms with Crippen LogP contribution in [0.3, 0.4) is 0 Å². The van der Waals surface area contributed by atoms with Crippen molar-refractivity contribution in [1.29, 1.82) is 0 Å². The molecule has 0 unspecified atom stereocenters. The van der Waals surface area contributed by atoms with E-state index < -0.39 is 0 Å². The van der Waals surface area contributed by atoms with Crippen molar-refractivity contribution in [2.45, 2.75) is 30.6 Å². The molecule has 4 rings (SSSR count). The number of amides is 1. The van der Waals surface area contributed by atoms with Gasteiger partial charge in [0.2, 0.25) is 5.91 Å². The molecular formula is C20H18FN3O2S. The highest BCUT2D eigenvalue weighted by atomic mass is 32.2. The van der Waals surface area contributed by atoms with Crippen LogP contribution in [0.4, 0.5) is 4.39 Å². The highest BCUT2D eigenvalue weighted by molar-refractivity contribution is 7.99.